The van der Waals surface area contributed by atoms with E-state index in [4.69, 9.17) is 9.47 Å². The van der Waals surface area contributed by atoms with E-state index >= 15 is 0 Å². The fourth-order valence-electron chi connectivity index (χ4n) is 3.67. The lowest BCUT2D eigenvalue weighted by molar-refractivity contribution is 0.254. The van der Waals surface area contributed by atoms with E-state index in [-0.39, 0.29) is 23.5 Å². The summed E-state index contributed by atoms with van der Waals surface area (Å²) in [5.41, 5.74) is 2.16. The smallest absolute Gasteiger partial charge is 0.191 e. The van der Waals surface area contributed by atoms with Crippen LogP contribution in [-0.2, 0) is 22.8 Å². The van der Waals surface area contributed by atoms with Crippen LogP contribution in [0.15, 0.2) is 17.1 Å². The lowest BCUT2D eigenvalue weighted by Crippen LogP contribution is -2.40. The van der Waals surface area contributed by atoms with E-state index in [1.807, 2.05) is 19.9 Å². The average Bonchev–Trinajstić information content (AvgIpc) is 3.17. The van der Waals surface area contributed by atoms with Gasteiger partial charge in [-0.1, -0.05) is 0 Å². The lowest BCUT2D eigenvalue weighted by Gasteiger charge is -2.15. The molecule has 0 radical (unpaired) electrons. The molecule has 2 atom stereocenters. The molecule has 2 heterocycles. The first-order chi connectivity index (χ1) is 13.4. The summed E-state index contributed by atoms with van der Waals surface area (Å²) in [4.78, 5) is 4.68. The molecule has 1 aromatic rings. The maximum absolute atomic E-state index is 11.6. The molecule has 2 aliphatic rings. The summed E-state index contributed by atoms with van der Waals surface area (Å²) in [5, 5.41) is 6.51. The normalized spacial score (nSPS) is 23.2. The van der Waals surface area contributed by atoms with E-state index in [1.165, 1.54) is 5.56 Å². The van der Waals surface area contributed by atoms with Crippen LogP contribution in [-0.4, -0.2) is 51.7 Å². The number of sulfone groups is 1. The van der Waals surface area contributed by atoms with Gasteiger partial charge in [-0.05, 0) is 45.2 Å². The number of hydrogen-bond acceptors (Lipinski definition) is 5. The van der Waals surface area contributed by atoms with Gasteiger partial charge in [-0.15, -0.1) is 0 Å². The van der Waals surface area contributed by atoms with E-state index in [0.29, 0.717) is 32.1 Å². The maximum atomic E-state index is 11.6. The second-order valence-corrected chi connectivity index (χ2v) is 9.71. The van der Waals surface area contributed by atoms with Gasteiger partial charge in [0.15, 0.2) is 15.8 Å². The van der Waals surface area contributed by atoms with Crippen LogP contribution >= 0.6 is 0 Å². The SMILES string of the molecule is CCNC(=NCc1cc2c(cc1OCC)CC(C)O2)NCC1CCS(=O)(=O)C1. The van der Waals surface area contributed by atoms with Gasteiger partial charge in [0.2, 0.25) is 0 Å². The molecule has 0 saturated carbocycles. The molecule has 2 unspecified atom stereocenters. The van der Waals surface area contributed by atoms with Crippen molar-refractivity contribution in [1.29, 1.82) is 0 Å². The van der Waals surface area contributed by atoms with Crippen molar-refractivity contribution in [1.82, 2.24) is 10.6 Å². The molecule has 0 aliphatic carbocycles. The molecule has 156 valence electrons. The predicted molar refractivity (Wildman–Crippen MR) is 111 cm³/mol. The number of ether oxygens (including phenoxy) is 2. The Kier molecular flexibility index (Phi) is 6.69. The Morgan fingerprint density at radius 2 is 2.14 bits per heavy atom. The molecule has 1 aromatic carbocycles. The number of benzene rings is 1. The Balaban J connectivity index is 1.69. The van der Waals surface area contributed by atoms with Gasteiger partial charge in [-0.3, -0.25) is 0 Å². The first kappa shape index (κ1) is 20.8. The van der Waals surface area contributed by atoms with Crippen LogP contribution in [0.5, 0.6) is 11.5 Å². The topological polar surface area (TPSA) is 89.0 Å². The summed E-state index contributed by atoms with van der Waals surface area (Å²) >= 11 is 0. The highest BCUT2D eigenvalue weighted by Gasteiger charge is 2.27. The Hall–Kier alpha value is -1.96. The first-order valence-corrected chi connectivity index (χ1v) is 11.9. The molecule has 2 aliphatic heterocycles. The van der Waals surface area contributed by atoms with Crippen LogP contribution in [0.1, 0.15) is 38.3 Å². The lowest BCUT2D eigenvalue weighted by atomic mass is 10.1. The standard InChI is InChI=1S/C20H31N3O4S/c1-4-21-20(22-11-15-6-7-28(24,25)13-15)23-12-17-10-19-16(8-14(3)27-19)9-18(17)26-5-2/h9-10,14-15H,4-8,11-13H2,1-3H3,(H2,21,22,23). The highest BCUT2D eigenvalue weighted by Crippen LogP contribution is 2.35. The third kappa shape index (κ3) is 5.31. The second kappa shape index (κ2) is 9.03. The fraction of sp³-hybridized carbons (Fsp3) is 0.650. The zero-order valence-corrected chi connectivity index (χ0v) is 17.8. The Morgan fingerprint density at radius 3 is 2.82 bits per heavy atom. The predicted octanol–water partition coefficient (Wildman–Crippen LogP) is 1.90. The number of guanidine groups is 1. The number of nitrogens with one attached hydrogen (secondary N) is 2. The van der Waals surface area contributed by atoms with Crippen molar-refractivity contribution in [2.75, 3.05) is 31.2 Å². The summed E-state index contributed by atoms with van der Waals surface area (Å²) in [6, 6.07) is 4.09. The number of nitrogens with zero attached hydrogens (tertiary/aromatic N) is 1. The third-order valence-corrected chi connectivity index (χ3v) is 6.85. The van der Waals surface area contributed by atoms with Gasteiger partial charge in [0, 0.05) is 30.6 Å². The van der Waals surface area contributed by atoms with Crippen molar-refractivity contribution >= 4 is 15.8 Å². The molecule has 0 spiro atoms. The fourth-order valence-corrected chi connectivity index (χ4v) is 5.54. The summed E-state index contributed by atoms with van der Waals surface area (Å²) in [6.07, 6.45) is 1.79. The van der Waals surface area contributed by atoms with E-state index < -0.39 is 9.84 Å². The average molecular weight is 410 g/mol. The van der Waals surface area contributed by atoms with Crippen molar-refractivity contribution in [3.63, 3.8) is 0 Å². The number of rotatable bonds is 7. The third-order valence-electron chi connectivity index (χ3n) is 5.02. The van der Waals surface area contributed by atoms with E-state index in [2.05, 4.69) is 28.6 Å². The molecule has 0 bridgehead atoms. The van der Waals surface area contributed by atoms with E-state index in [9.17, 15) is 8.42 Å². The number of hydrogen-bond donors (Lipinski definition) is 2. The molecule has 0 aromatic heterocycles. The van der Waals surface area contributed by atoms with Gasteiger partial charge in [-0.25, -0.2) is 13.4 Å². The van der Waals surface area contributed by atoms with Gasteiger partial charge in [0.25, 0.3) is 0 Å². The molecule has 8 heteroatoms. The Bertz CT molecular complexity index is 823. The largest absolute Gasteiger partial charge is 0.494 e. The van der Waals surface area contributed by atoms with Crippen molar-refractivity contribution in [3.05, 3.63) is 23.3 Å². The molecular weight excluding hydrogens is 378 g/mol. The molecule has 2 N–H and O–H groups in total. The summed E-state index contributed by atoms with van der Waals surface area (Å²) in [5.74, 6) is 3.13. The maximum Gasteiger partial charge on any atom is 0.191 e. The molecule has 1 fully saturated rings. The van der Waals surface area contributed by atoms with Gasteiger partial charge < -0.3 is 20.1 Å². The Morgan fingerprint density at radius 1 is 1.32 bits per heavy atom. The summed E-state index contributed by atoms with van der Waals surface area (Å²) < 4.78 is 35.0. The van der Waals surface area contributed by atoms with Crippen LogP contribution < -0.4 is 20.1 Å². The van der Waals surface area contributed by atoms with Crippen molar-refractivity contribution in [3.8, 4) is 11.5 Å². The molecule has 28 heavy (non-hydrogen) atoms. The highest BCUT2D eigenvalue weighted by atomic mass is 32.2. The minimum atomic E-state index is -2.86. The van der Waals surface area contributed by atoms with Gasteiger partial charge in [0.05, 0.1) is 24.7 Å². The highest BCUT2D eigenvalue weighted by molar-refractivity contribution is 7.91. The van der Waals surface area contributed by atoms with Crippen LogP contribution in [0.2, 0.25) is 0 Å². The van der Waals surface area contributed by atoms with Crippen LogP contribution in [0.4, 0.5) is 0 Å². The van der Waals surface area contributed by atoms with E-state index in [1.54, 1.807) is 0 Å². The van der Waals surface area contributed by atoms with Gasteiger partial charge >= 0.3 is 0 Å². The minimum Gasteiger partial charge on any atom is -0.494 e. The quantitative estimate of drug-likeness (QED) is 0.528. The Labute approximate surface area is 167 Å². The van der Waals surface area contributed by atoms with Crippen LogP contribution in [0.25, 0.3) is 0 Å². The van der Waals surface area contributed by atoms with E-state index in [0.717, 1.165) is 30.0 Å². The monoisotopic (exact) mass is 409 g/mol. The summed E-state index contributed by atoms with van der Waals surface area (Å²) in [6.45, 7) is 8.44. The van der Waals surface area contributed by atoms with Crippen molar-refractivity contribution in [2.45, 2.75) is 46.3 Å². The molecule has 0 amide bonds. The van der Waals surface area contributed by atoms with Crippen molar-refractivity contribution in [2.24, 2.45) is 10.9 Å². The van der Waals surface area contributed by atoms with Crippen LogP contribution in [0.3, 0.4) is 0 Å². The molecule has 7 nitrogen and oxygen atoms in total. The molecular formula is C20H31N3O4S. The van der Waals surface area contributed by atoms with Crippen LogP contribution in [0, 0.1) is 5.92 Å². The van der Waals surface area contributed by atoms with Gasteiger partial charge in [0.1, 0.15) is 17.6 Å². The number of aliphatic imine (C=N–C) groups is 1. The second-order valence-electron chi connectivity index (χ2n) is 7.48. The molecule has 3 rings (SSSR count). The zero-order chi connectivity index (χ0) is 20.1. The van der Waals surface area contributed by atoms with Gasteiger partial charge in [-0.2, -0.15) is 0 Å². The summed E-state index contributed by atoms with van der Waals surface area (Å²) in [7, 11) is -2.86. The minimum absolute atomic E-state index is 0.141. The van der Waals surface area contributed by atoms with Crippen molar-refractivity contribution < 1.29 is 17.9 Å². The zero-order valence-electron chi connectivity index (χ0n) is 17.0. The number of fused-ring (bicyclic) bond motifs is 1. The first-order valence-electron chi connectivity index (χ1n) is 10.1. The molecule has 1 saturated heterocycles.